The van der Waals surface area contributed by atoms with Crippen LogP contribution >= 0.6 is 11.8 Å². The van der Waals surface area contributed by atoms with E-state index in [0.717, 1.165) is 37.9 Å². The highest BCUT2D eigenvalue weighted by Crippen LogP contribution is 2.28. The van der Waals surface area contributed by atoms with Crippen molar-refractivity contribution >= 4 is 23.3 Å². The van der Waals surface area contributed by atoms with Crippen LogP contribution in [0.2, 0.25) is 0 Å². The monoisotopic (exact) mass is 473 g/mol. The van der Waals surface area contributed by atoms with Crippen molar-refractivity contribution in [3.8, 4) is 5.88 Å². The molecule has 1 saturated heterocycles. The summed E-state index contributed by atoms with van der Waals surface area (Å²) in [4.78, 5) is 17.5. The average molecular weight is 474 g/mol. The summed E-state index contributed by atoms with van der Waals surface area (Å²) >= 11 is 1.21. The van der Waals surface area contributed by atoms with E-state index >= 15 is 0 Å². The molecule has 0 spiro atoms. The fourth-order valence-electron chi connectivity index (χ4n) is 3.47. The molecule has 3 aromatic rings. The molecule has 0 saturated carbocycles. The number of halogens is 2. The van der Waals surface area contributed by atoms with E-state index in [0.29, 0.717) is 16.9 Å². The summed E-state index contributed by atoms with van der Waals surface area (Å²) in [5.74, 6) is -0.533. The van der Waals surface area contributed by atoms with Crippen LogP contribution < -0.4 is 14.5 Å². The zero-order valence-corrected chi connectivity index (χ0v) is 19.0. The van der Waals surface area contributed by atoms with Gasteiger partial charge < -0.3 is 19.6 Å². The molecule has 1 N–H and O–H groups in total. The average Bonchev–Trinajstić information content (AvgIpc) is 2.85. The maximum Gasteiger partial charge on any atom is 0.219 e. The second-order valence-electron chi connectivity index (χ2n) is 7.64. The summed E-state index contributed by atoms with van der Waals surface area (Å²) in [6.07, 6.45) is 3.13. The molecule has 1 fully saturated rings. The number of anilines is 2. The highest BCUT2D eigenvalue weighted by molar-refractivity contribution is 7.98. The first kappa shape index (κ1) is 23.2. The van der Waals surface area contributed by atoms with E-state index in [2.05, 4.69) is 24.8 Å². The predicted molar refractivity (Wildman–Crippen MR) is 124 cm³/mol. The van der Waals surface area contributed by atoms with Gasteiger partial charge in [0.15, 0.2) is 16.8 Å². The van der Waals surface area contributed by atoms with Crippen molar-refractivity contribution in [2.45, 2.75) is 23.9 Å². The van der Waals surface area contributed by atoms with Gasteiger partial charge in [-0.3, -0.25) is 4.98 Å². The van der Waals surface area contributed by atoms with Crippen LogP contribution in [0.25, 0.3) is 0 Å². The molecule has 0 bridgehead atoms. The van der Waals surface area contributed by atoms with Crippen molar-refractivity contribution in [2.24, 2.45) is 0 Å². The lowest BCUT2D eigenvalue weighted by Gasteiger charge is -2.36. The third kappa shape index (κ3) is 5.88. The number of pyridine rings is 1. The van der Waals surface area contributed by atoms with Gasteiger partial charge in [-0.15, -0.1) is 0 Å². The van der Waals surface area contributed by atoms with Crippen LogP contribution in [-0.4, -0.2) is 58.9 Å². The molecule has 7 nitrogen and oxygen atoms in total. The molecule has 1 atom stereocenters. The number of benzene rings is 1. The van der Waals surface area contributed by atoms with E-state index in [1.54, 1.807) is 31.5 Å². The molecule has 0 radical (unpaired) electrons. The van der Waals surface area contributed by atoms with Crippen LogP contribution in [0.5, 0.6) is 5.88 Å². The fourth-order valence-corrected chi connectivity index (χ4v) is 4.29. The number of rotatable bonds is 8. The van der Waals surface area contributed by atoms with Crippen molar-refractivity contribution in [3.63, 3.8) is 0 Å². The Balaban J connectivity index is 1.50. The first-order chi connectivity index (χ1) is 16.0. The SMILES string of the molecule is C[C@H](CO)Oc1cc(N2CCN(c3ccncc3)CC2)nc(SCc2cccc(F)c2F)n1. The number of aromatic nitrogens is 3. The Morgan fingerprint density at radius 2 is 1.79 bits per heavy atom. The lowest BCUT2D eigenvalue weighted by molar-refractivity contribution is 0.124. The van der Waals surface area contributed by atoms with E-state index in [-0.39, 0.29) is 17.9 Å². The highest BCUT2D eigenvalue weighted by atomic mass is 32.2. The Hall–Kier alpha value is -2.98. The van der Waals surface area contributed by atoms with Crippen molar-refractivity contribution in [2.75, 3.05) is 42.6 Å². The normalized spacial score (nSPS) is 14.9. The van der Waals surface area contributed by atoms with Crippen LogP contribution in [0, 0.1) is 11.6 Å². The van der Waals surface area contributed by atoms with Gasteiger partial charge in [0.25, 0.3) is 0 Å². The second-order valence-corrected chi connectivity index (χ2v) is 8.58. The van der Waals surface area contributed by atoms with E-state index in [1.807, 2.05) is 12.1 Å². The zero-order valence-electron chi connectivity index (χ0n) is 18.2. The maximum absolute atomic E-state index is 14.0. The van der Waals surface area contributed by atoms with Crippen molar-refractivity contribution < 1.29 is 18.6 Å². The Labute approximate surface area is 195 Å². The van der Waals surface area contributed by atoms with Gasteiger partial charge in [-0.1, -0.05) is 23.9 Å². The van der Waals surface area contributed by atoms with Gasteiger partial charge in [0.1, 0.15) is 11.9 Å². The van der Waals surface area contributed by atoms with E-state index in [1.165, 1.54) is 17.8 Å². The topological polar surface area (TPSA) is 74.6 Å². The van der Waals surface area contributed by atoms with Crippen LogP contribution in [0.3, 0.4) is 0 Å². The number of piperazine rings is 1. The molecule has 0 aliphatic carbocycles. The predicted octanol–water partition coefficient (Wildman–Crippen LogP) is 3.53. The molecule has 0 unspecified atom stereocenters. The summed E-state index contributed by atoms with van der Waals surface area (Å²) in [7, 11) is 0. The van der Waals surface area contributed by atoms with Crippen LogP contribution in [0.1, 0.15) is 12.5 Å². The molecule has 10 heteroatoms. The van der Waals surface area contributed by atoms with E-state index in [4.69, 9.17) is 4.74 Å². The highest BCUT2D eigenvalue weighted by Gasteiger charge is 2.21. The number of aliphatic hydroxyl groups is 1. The smallest absolute Gasteiger partial charge is 0.219 e. The molecule has 1 aliphatic rings. The van der Waals surface area contributed by atoms with Gasteiger partial charge in [-0.2, -0.15) is 4.98 Å². The largest absolute Gasteiger partial charge is 0.472 e. The lowest BCUT2D eigenvalue weighted by atomic mass is 10.2. The third-order valence-electron chi connectivity index (χ3n) is 5.27. The Kier molecular flexibility index (Phi) is 7.56. The molecule has 0 amide bonds. The molecule has 1 aromatic carbocycles. The van der Waals surface area contributed by atoms with Gasteiger partial charge in [0.05, 0.1) is 6.61 Å². The minimum Gasteiger partial charge on any atom is -0.472 e. The second kappa shape index (κ2) is 10.8. The lowest BCUT2D eigenvalue weighted by Crippen LogP contribution is -2.46. The zero-order chi connectivity index (χ0) is 23.2. The summed E-state index contributed by atoms with van der Waals surface area (Å²) in [5.41, 5.74) is 1.37. The van der Waals surface area contributed by atoms with Crippen molar-refractivity contribution in [1.82, 2.24) is 15.0 Å². The van der Waals surface area contributed by atoms with Gasteiger partial charge >= 0.3 is 0 Å². The number of hydrogen-bond donors (Lipinski definition) is 1. The van der Waals surface area contributed by atoms with Gasteiger partial charge in [-0.25, -0.2) is 13.8 Å². The number of aliphatic hydroxyl groups excluding tert-OH is 1. The van der Waals surface area contributed by atoms with Crippen molar-refractivity contribution in [3.05, 3.63) is 66.0 Å². The standard InChI is InChI=1S/C23H25F2N5O2S/c1-16(14-31)32-21-13-20(30-11-9-29(10-12-30)18-5-7-26-8-6-18)27-23(28-21)33-15-17-3-2-4-19(24)22(17)25/h2-8,13,16,31H,9-12,14-15H2,1H3/t16-/m1/s1. The summed E-state index contributed by atoms with van der Waals surface area (Å²) in [6, 6.07) is 9.84. The maximum atomic E-state index is 14.0. The Morgan fingerprint density at radius 3 is 2.52 bits per heavy atom. The minimum atomic E-state index is -0.879. The number of nitrogens with zero attached hydrogens (tertiary/aromatic N) is 5. The molecule has 1 aliphatic heterocycles. The third-order valence-corrected chi connectivity index (χ3v) is 6.16. The van der Waals surface area contributed by atoms with Crippen LogP contribution in [0.15, 0.2) is 53.9 Å². The first-order valence-corrected chi connectivity index (χ1v) is 11.6. The molecule has 33 heavy (non-hydrogen) atoms. The summed E-state index contributed by atoms with van der Waals surface area (Å²) in [6.45, 7) is 4.71. The minimum absolute atomic E-state index is 0.152. The number of thioether (sulfide) groups is 1. The Bertz CT molecular complexity index is 1070. The van der Waals surface area contributed by atoms with Gasteiger partial charge in [-0.05, 0) is 25.1 Å². The van der Waals surface area contributed by atoms with Crippen LogP contribution in [0.4, 0.5) is 20.3 Å². The molecule has 2 aromatic heterocycles. The quantitative estimate of drug-likeness (QED) is 0.394. The van der Waals surface area contributed by atoms with Crippen LogP contribution in [-0.2, 0) is 5.75 Å². The number of ether oxygens (including phenoxy) is 1. The summed E-state index contributed by atoms with van der Waals surface area (Å²) in [5, 5.41) is 9.75. The van der Waals surface area contributed by atoms with Gasteiger partial charge in [0.2, 0.25) is 5.88 Å². The van der Waals surface area contributed by atoms with Gasteiger partial charge in [0, 0.05) is 61.6 Å². The molecule has 174 valence electrons. The van der Waals surface area contributed by atoms with E-state index < -0.39 is 17.7 Å². The molecular formula is C23H25F2N5O2S. The van der Waals surface area contributed by atoms with E-state index in [9.17, 15) is 13.9 Å². The number of hydrogen-bond acceptors (Lipinski definition) is 8. The molecular weight excluding hydrogens is 448 g/mol. The molecule has 3 heterocycles. The Morgan fingerprint density at radius 1 is 1.06 bits per heavy atom. The first-order valence-electron chi connectivity index (χ1n) is 10.7. The summed E-state index contributed by atoms with van der Waals surface area (Å²) < 4.78 is 33.3. The van der Waals surface area contributed by atoms with Crippen molar-refractivity contribution in [1.29, 1.82) is 0 Å². The molecule has 4 rings (SSSR count). The fraction of sp³-hybridized carbons (Fsp3) is 0.348.